The smallest absolute Gasteiger partial charge is 0.312 e. The Hall–Kier alpha value is -2.37. The first-order valence-electron chi connectivity index (χ1n) is 7.99. The van der Waals surface area contributed by atoms with Gasteiger partial charge in [0.05, 0.1) is 0 Å². The number of likely N-dealkylation sites (N-methyl/N-ethyl adjacent to an activating group) is 1. The fourth-order valence-electron chi connectivity index (χ4n) is 3.00. The molecule has 2 fully saturated rings. The molecule has 0 atom stereocenters. The Bertz CT molecular complexity index is 620. The zero-order valence-corrected chi connectivity index (χ0v) is 13.3. The lowest BCUT2D eigenvalue weighted by Crippen LogP contribution is -2.52. The van der Waals surface area contributed by atoms with E-state index in [1.807, 2.05) is 17.0 Å². The van der Waals surface area contributed by atoms with E-state index in [9.17, 15) is 14.4 Å². The molecule has 0 aliphatic carbocycles. The van der Waals surface area contributed by atoms with Gasteiger partial charge < -0.3 is 14.7 Å². The average molecular weight is 315 g/mol. The maximum absolute atomic E-state index is 12.3. The third kappa shape index (κ3) is 3.21. The first kappa shape index (κ1) is 15.5. The molecule has 3 rings (SSSR count). The molecular weight excluding hydrogens is 294 g/mol. The molecule has 0 saturated carbocycles. The zero-order chi connectivity index (χ0) is 16.4. The van der Waals surface area contributed by atoms with Crippen molar-refractivity contribution in [1.29, 1.82) is 0 Å². The molecule has 2 heterocycles. The van der Waals surface area contributed by atoms with Gasteiger partial charge in [-0.2, -0.15) is 0 Å². The van der Waals surface area contributed by atoms with Gasteiger partial charge in [-0.25, -0.2) is 0 Å². The van der Waals surface area contributed by atoms with Gasteiger partial charge in [-0.3, -0.25) is 14.4 Å². The monoisotopic (exact) mass is 315 g/mol. The van der Waals surface area contributed by atoms with Gasteiger partial charge in [0, 0.05) is 45.3 Å². The Labute approximate surface area is 135 Å². The summed E-state index contributed by atoms with van der Waals surface area (Å²) in [6.07, 6.45) is 2.15. The fourth-order valence-corrected chi connectivity index (χ4v) is 3.00. The van der Waals surface area contributed by atoms with Crippen molar-refractivity contribution in [3.8, 4) is 0 Å². The van der Waals surface area contributed by atoms with E-state index in [2.05, 4.69) is 0 Å². The Balaban J connectivity index is 1.64. The van der Waals surface area contributed by atoms with Crippen LogP contribution in [-0.2, 0) is 16.1 Å². The molecule has 1 aromatic carbocycles. The van der Waals surface area contributed by atoms with Crippen LogP contribution >= 0.6 is 0 Å². The van der Waals surface area contributed by atoms with Crippen molar-refractivity contribution in [2.45, 2.75) is 19.4 Å². The summed E-state index contributed by atoms with van der Waals surface area (Å²) in [5, 5.41) is 0. The molecule has 2 aliphatic rings. The second kappa shape index (κ2) is 6.40. The van der Waals surface area contributed by atoms with Crippen molar-refractivity contribution in [3.63, 3.8) is 0 Å². The number of nitrogens with zero attached hydrogens (tertiary/aromatic N) is 3. The van der Waals surface area contributed by atoms with Crippen molar-refractivity contribution in [2.24, 2.45) is 0 Å². The number of benzene rings is 1. The van der Waals surface area contributed by atoms with Gasteiger partial charge in [0.1, 0.15) is 0 Å². The molecule has 2 aliphatic heterocycles. The largest absolute Gasteiger partial charge is 0.339 e. The summed E-state index contributed by atoms with van der Waals surface area (Å²) in [6.45, 7) is 3.15. The maximum atomic E-state index is 12.3. The van der Waals surface area contributed by atoms with Gasteiger partial charge >= 0.3 is 11.8 Å². The standard InChI is InChI=1S/C17H21N3O3/c1-18-10-11-20(17(23)16(18)22)12-13-4-6-14(7-5-13)15(21)19-8-2-3-9-19/h4-7H,2-3,8-12H2,1H3. The molecule has 3 amide bonds. The van der Waals surface area contributed by atoms with Crippen molar-refractivity contribution in [3.05, 3.63) is 35.4 Å². The number of hydrogen-bond acceptors (Lipinski definition) is 3. The molecule has 0 bridgehead atoms. The summed E-state index contributed by atoms with van der Waals surface area (Å²) in [5.74, 6) is -0.854. The van der Waals surface area contributed by atoms with Crippen LogP contribution in [0.1, 0.15) is 28.8 Å². The minimum atomic E-state index is -0.462. The quantitative estimate of drug-likeness (QED) is 0.772. The van der Waals surface area contributed by atoms with Crippen LogP contribution in [0.5, 0.6) is 0 Å². The van der Waals surface area contributed by atoms with E-state index in [1.54, 1.807) is 24.1 Å². The lowest BCUT2D eigenvalue weighted by atomic mass is 10.1. The summed E-state index contributed by atoms with van der Waals surface area (Å²) in [7, 11) is 1.64. The van der Waals surface area contributed by atoms with Gasteiger partial charge in [-0.15, -0.1) is 0 Å². The van der Waals surface area contributed by atoms with Crippen molar-refractivity contribution in [1.82, 2.24) is 14.7 Å². The first-order valence-corrected chi connectivity index (χ1v) is 7.99. The first-order chi connectivity index (χ1) is 11.1. The molecule has 0 N–H and O–H groups in total. The van der Waals surface area contributed by atoms with E-state index in [-0.39, 0.29) is 5.91 Å². The van der Waals surface area contributed by atoms with Crippen LogP contribution in [0, 0.1) is 0 Å². The Morgan fingerprint density at radius 2 is 1.61 bits per heavy atom. The van der Waals surface area contributed by atoms with Crippen LogP contribution in [0.25, 0.3) is 0 Å². The third-order valence-electron chi connectivity index (χ3n) is 4.49. The highest BCUT2D eigenvalue weighted by molar-refractivity contribution is 6.35. The van der Waals surface area contributed by atoms with E-state index in [1.165, 1.54) is 4.90 Å². The molecule has 6 nitrogen and oxygen atoms in total. The molecule has 1 aromatic rings. The van der Waals surface area contributed by atoms with Gasteiger partial charge in [-0.1, -0.05) is 12.1 Å². The van der Waals surface area contributed by atoms with Crippen LogP contribution < -0.4 is 0 Å². The molecule has 2 saturated heterocycles. The highest BCUT2D eigenvalue weighted by Gasteiger charge is 2.30. The Morgan fingerprint density at radius 1 is 0.957 bits per heavy atom. The number of amides is 3. The van der Waals surface area contributed by atoms with Crippen molar-refractivity contribution in [2.75, 3.05) is 33.2 Å². The van der Waals surface area contributed by atoms with Crippen LogP contribution in [0.15, 0.2) is 24.3 Å². The average Bonchev–Trinajstić information content (AvgIpc) is 3.10. The van der Waals surface area contributed by atoms with Crippen LogP contribution in [-0.4, -0.2) is 65.6 Å². The second-order valence-corrected chi connectivity index (χ2v) is 6.15. The van der Waals surface area contributed by atoms with E-state index < -0.39 is 11.8 Å². The van der Waals surface area contributed by atoms with Gasteiger partial charge in [0.2, 0.25) is 0 Å². The number of carbonyl (C=O) groups excluding carboxylic acids is 3. The molecule has 6 heteroatoms. The summed E-state index contributed by atoms with van der Waals surface area (Å²) in [5.41, 5.74) is 1.60. The second-order valence-electron chi connectivity index (χ2n) is 6.15. The van der Waals surface area contributed by atoms with Gasteiger partial charge in [0.25, 0.3) is 5.91 Å². The van der Waals surface area contributed by atoms with Crippen LogP contribution in [0.3, 0.4) is 0 Å². The number of carbonyl (C=O) groups is 3. The van der Waals surface area contributed by atoms with Crippen molar-refractivity contribution >= 4 is 17.7 Å². The Morgan fingerprint density at radius 3 is 2.26 bits per heavy atom. The van der Waals surface area contributed by atoms with Gasteiger partial charge in [0.15, 0.2) is 0 Å². The van der Waals surface area contributed by atoms with Crippen LogP contribution in [0.4, 0.5) is 0 Å². The normalized spacial score (nSPS) is 18.7. The summed E-state index contributed by atoms with van der Waals surface area (Å²) < 4.78 is 0. The maximum Gasteiger partial charge on any atom is 0.312 e. The highest BCUT2D eigenvalue weighted by atomic mass is 16.2. The van der Waals surface area contributed by atoms with E-state index in [4.69, 9.17) is 0 Å². The van der Waals surface area contributed by atoms with Gasteiger partial charge in [-0.05, 0) is 30.5 Å². The molecule has 0 unspecified atom stereocenters. The lowest BCUT2D eigenvalue weighted by Gasteiger charge is -2.31. The molecule has 0 aromatic heterocycles. The highest BCUT2D eigenvalue weighted by Crippen LogP contribution is 2.15. The zero-order valence-electron chi connectivity index (χ0n) is 13.3. The summed E-state index contributed by atoms with van der Waals surface area (Å²) >= 11 is 0. The van der Waals surface area contributed by atoms with E-state index in [0.29, 0.717) is 25.2 Å². The molecule has 0 spiro atoms. The Kier molecular flexibility index (Phi) is 4.32. The predicted octanol–water partition coefficient (Wildman–Crippen LogP) is 0.723. The predicted molar refractivity (Wildman–Crippen MR) is 84.6 cm³/mol. The topological polar surface area (TPSA) is 60.9 Å². The van der Waals surface area contributed by atoms with E-state index in [0.717, 1.165) is 31.5 Å². The number of likely N-dealkylation sites (tertiary alicyclic amines) is 1. The SMILES string of the molecule is CN1CCN(Cc2ccc(C(=O)N3CCCC3)cc2)C(=O)C1=O. The van der Waals surface area contributed by atoms with E-state index >= 15 is 0 Å². The summed E-state index contributed by atoms with van der Waals surface area (Å²) in [4.78, 5) is 40.8. The molecular formula is C17H21N3O3. The van der Waals surface area contributed by atoms with Crippen molar-refractivity contribution < 1.29 is 14.4 Å². The number of hydrogen-bond donors (Lipinski definition) is 0. The number of rotatable bonds is 3. The minimum absolute atomic E-state index is 0.0694. The fraction of sp³-hybridized carbons (Fsp3) is 0.471. The molecule has 122 valence electrons. The number of piperazine rings is 1. The minimum Gasteiger partial charge on any atom is -0.339 e. The van der Waals surface area contributed by atoms with Crippen LogP contribution in [0.2, 0.25) is 0 Å². The molecule has 23 heavy (non-hydrogen) atoms. The summed E-state index contributed by atoms with van der Waals surface area (Å²) in [6, 6.07) is 7.33. The lowest BCUT2D eigenvalue weighted by molar-refractivity contribution is -0.155. The molecule has 0 radical (unpaired) electrons. The third-order valence-corrected chi connectivity index (χ3v) is 4.49.